The van der Waals surface area contributed by atoms with Crippen LogP contribution in [0.1, 0.15) is 210 Å². The summed E-state index contributed by atoms with van der Waals surface area (Å²) in [5, 5.41) is 28.2. The summed E-state index contributed by atoms with van der Waals surface area (Å²) >= 11 is 0. The van der Waals surface area contributed by atoms with Crippen molar-refractivity contribution >= 4 is 74.7 Å². The quantitative estimate of drug-likeness (QED) is 0.0131. The topological polar surface area (TPSA) is 281 Å². The molecule has 0 bridgehead atoms. The fraction of sp³-hybridized carbons (Fsp3) is 0.486. The Hall–Kier alpha value is -8.59. The second kappa shape index (κ2) is 48.2. The van der Waals surface area contributed by atoms with Gasteiger partial charge in [-0.05, 0) is 123 Å². The molecule has 5 aromatic carbocycles. The van der Waals surface area contributed by atoms with E-state index in [1.807, 2.05) is 31.6 Å². The molecule has 0 spiro atoms. The molecule has 95 heavy (non-hydrogen) atoms. The molecule has 5 aromatic rings. The minimum atomic E-state index is -3.98. The fourth-order valence-electron chi connectivity index (χ4n) is 9.84. The third-order valence-corrected chi connectivity index (χ3v) is 16.6. The van der Waals surface area contributed by atoms with Crippen molar-refractivity contribution in [3.05, 3.63) is 144 Å². The summed E-state index contributed by atoms with van der Waals surface area (Å²) in [7, 11) is -2.69. The van der Waals surface area contributed by atoms with Gasteiger partial charge in [-0.25, -0.2) is 37.1 Å². The zero-order valence-corrected chi connectivity index (χ0v) is 58.3. The summed E-state index contributed by atoms with van der Waals surface area (Å²) in [6.07, 6.45) is 32.1. The van der Waals surface area contributed by atoms with E-state index in [4.69, 9.17) is 9.47 Å². The Balaban J connectivity index is 0.000000406. The Labute approximate surface area is 565 Å². The van der Waals surface area contributed by atoms with Gasteiger partial charge >= 0.3 is 30.3 Å². The number of carbonyl (C=O) groups excluding carboxylic acids is 6. The number of amides is 8. The van der Waals surface area contributed by atoms with Crippen LogP contribution in [0.2, 0.25) is 0 Å². The van der Waals surface area contributed by atoms with Crippen molar-refractivity contribution in [1.29, 1.82) is 0 Å². The Morgan fingerprint density at radius 1 is 0.442 bits per heavy atom. The van der Waals surface area contributed by atoms with Gasteiger partial charge in [-0.1, -0.05) is 216 Å². The minimum Gasteiger partial charge on any atom is -0.513 e. The molecule has 0 saturated heterocycles. The number of rotatable bonds is 39. The number of unbranched alkanes of at least 4 members (excludes halogenated alkanes) is 24. The summed E-state index contributed by atoms with van der Waals surface area (Å²) in [5.41, 5.74) is 6.26. The number of aryl methyl sites for hydroxylation is 3. The molecule has 0 radical (unpaired) electrons. The van der Waals surface area contributed by atoms with Gasteiger partial charge < -0.3 is 45.9 Å². The highest BCUT2D eigenvalue weighted by molar-refractivity contribution is 7.90. The van der Waals surface area contributed by atoms with Gasteiger partial charge in [-0.15, -0.1) is 0 Å². The maximum atomic E-state index is 12.4. The third-order valence-electron chi connectivity index (χ3n) is 15.3. The van der Waals surface area contributed by atoms with Crippen molar-refractivity contribution in [3.8, 4) is 11.5 Å². The molecule has 0 atom stereocenters. The number of ether oxygens (including phenoxy) is 3. The number of carbonyl (C=O) groups is 6. The molecule has 0 aromatic heterocycles. The van der Waals surface area contributed by atoms with Crippen LogP contribution < -0.4 is 51.4 Å². The van der Waals surface area contributed by atoms with Crippen LogP contribution >= 0.6 is 0 Å². The monoisotopic (exact) mass is 1330 g/mol. The zero-order valence-electron chi connectivity index (χ0n) is 57.5. The third kappa shape index (κ3) is 38.4. The molecule has 522 valence electrons. The molecule has 0 unspecified atom stereocenters. The largest absolute Gasteiger partial charge is 0.513 e. The number of benzene rings is 5. The van der Waals surface area contributed by atoms with E-state index in [0.717, 1.165) is 47.9 Å². The number of methoxy groups -OCH3 is 1. The number of allylic oxidation sites excluding steroid dienone is 1. The average molecular weight is 1330 g/mol. The number of anilines is 5. The highest BCUT2D eigenvalue weighted by Gasteiger charge is 2.18. The van der Waals surface area contributed by atoms with Gasteiger partial charge in [0.15, 0.2) is 0 Å². The first-order valence-electron chi connectivity index (χ1n) is 34.0. The minimum absolute atomic E-state index is 0.00387. The summed E-state index contributed by atoms with van der Waals surface area (Å²) in [6.45, 7) is 16.2. The Kier molecular flexibility index (Phi) is 40.9. The molecule has 0 saturated carbocycles. The van der Waals surface area contributed by atoms with Crippen LogP contribution in [-0.2, 0) is 26.0 Å². The molecule has 21 heteroatoms. The van der Waals surface area contributed by atoms with E-state index >= 15 is 0 Å². The fourth-order valence-corrected chi connectivity index (χ4v) is 10.7. The molecule has 0 heterocycles. The first-order chi connectivity index (χ1) is 45.7. The molecule has 9 N–H and O–H groups in total. The number of aliphatic hydroxyl groups excluding tert-OH is 1. The van der Waals surface area contributed by atoms with E-state index in [9.17, 15) is 42.3 Å². The molecule has 0 aliphatic heterocycles. The second-order valence-electron chi connectivity index (χ2n) is 23.8. The highest BCUT2D eigenvalue weighted by atomic mass is 32.2. The van der Waals surface area contributed by atoms with E-state index in [-0.39, 0.29) is 22.6 Å². The van der Waals surface area contributed by atoms with Crippen molar-refractivity contribution in [2.75, 3.05) is 46.8 Å². The maximum Gasteiger partial charge on any atom is 0.417 e. The molecular weight excluding hydrogens is 1220 g/mol. The highest BCUT2D eigenvalue weighted by Crippen LogP contribution is 2.24. The van der Waals surface area contributed by atoms with Crippen LogP contribution in [0.4, 0.5) is 52.4 Å². The number of aliphatic hydroxyl groups is 1. The van der Waals surface area contributed by atoms with Gasteiger partial charge in [0, 0.05) is 54.9 Å². The van der Waals surface area contributed by atoms with Crippen molar-refractivity contribution in [2.45, 2.75) is 220 Å². The van der Waals surface area contributed by atoms with E-state index in [1.165, 1.54) is 192 Å². The predicted molar refractivity (Wildman–Crippen MR) is 384 cm³/mol. The summed E-state index contributed by atoms with van der Waals surface area (Å²) < 4.78 is 41.6. The van der Waals surface area contributed by atoms with Gasteiger partial charge in [0.1, 0.15) is 11.5 Å². The molecule has 5 rings (SSSR count). The zero-order chi connectivity index (χ0) is 69.5. The van der Waals surface area contributed by atoms with Crippen LogP contribution in [-0.4, -0.2) is 70.0 Å². The van der Waals surface area contributed by atoms with Gasteiger partial charge in [0.05, 0.1) is 17.8 Å². The van der Waals surface area contributed by atoms with Crippen LogP contribution in [0, 0.1) is 20.8 Å². The number of urea groups is 2. The maximum absolute atomic E-state index is 12.4. The van der Waals surface area contributed by atoms with Crippen molar-refractivity contribution in [3.63, 3.8) is 0 Å². The lowest BCUT2D eigenvalue weighted by molar-refractivity contribution is -0.114. The first-order valence-corrected chi connectivity index (χ1v) is 35.5. The lowest BCUT2D eigenvalue weighted by Crippen LogP contribution is -2.34. The smallest absolute Gasteiger partial charge is 0.417 e. The van der Waals surface area contributed by atoms with Crippen LogP contribution in [0.25, 0.3) is 0 Å². The summed E-state index contributed by atoms with van der Waals surface area (Å²) in [6, 6.07) is 28.5. The average Bonchev–Trinajstić information content (AvgIpc) is 1.04. The molecule has 0 aliphatic rings. The molecule has 0 fully saturated rings. The Morgan fingerprint density at radius 3 is 1.29 bits per heavy atom. The van der Waals surface area contributed by atoms with Crippen molar-refractivity contribution in [2.24, 2.45) is 0 Å². The number of nitrogens with one attached hydrogen (secondary N) is 8. The first kappa shape index (κ1) is 80.6. The van der Waals surface area contributed by atoms with E-state index in [1.54, 1.807) is 66.7 Å². The summed E-state index contributed by atoms with van der Waals surface area (Å²) in [5.74, 6) is 0.613. The standard InChI is InChI=1S/C36H55N3O4.C27H39N3O5S.C11H14N2O3/c1-4-5-6-7-8-9-10-11-12-13-14-15-16-17-18-19-26-37-35(41)38-32-23-20-29(2)34(28-32)39-36(42)43-33-24-21-31(22-25-33)27-30(3)40;1-3-4-5-6-7-8-9-10-11-12-21-28-27(32)35-24-17-15-23(16-18-24)29-26(31)30-36(33,34)25-19-13-22(2)14-20-25;1-7-4-5-9(13-11(15)16-3)6-10(7)12-8(2)14/h20-25,28,40H,3-19,26-27H2,1-2H3,(H,39,42)(H2,37,38,41);13-20H,3-12,21H2,1-2H3,(H,28,32)(H2,29,30,31);4-6H,1-3H3,(H,12,14)(H,13,15). The van der Waals surface area contributed by atoms with Crippen LogP contribution in [0.15, 0.2) is 126 Å². The van der Waals surface area contributed by atoms with Crippen LogP contribution in [0.3, 0.4) is 0 Å². The normalized spacial score (nSPS) is 10.6. The SMILES string of the molecule is C=C(O)Cc1ccc(OC(=O)Nc2cc(NC(=O)NCCCCCCCCCCCCCCCCCC)ccc2C)cc1.CCCCCCCCCCCCNC(=O)Oc1ccc(NC(=O)NS(=O)(=O)c2ccc(C)cc2)cc1.COC(=O)Nc1ccc(C)c(NC(C)=O)c1. The predicted octanol–water partition coefficient (Wildman–Crippen LogP) is 19.2. The summed E-state index contributed by atoms with van der Waals surface area (Å²) in [4.78, 5) is 70.8. The van der Waals surface area contributed by atoms with Gasteiger partial charge in [-0.2, -0.15) is 0 Å². The number of hydrogen-bond acceptors (Lipinski definition) is 12. The molecule has 0 aliphatic carbocycles. The molecular formula is C74H108N8O12S. The van der Waals surface area contributed by atoms with Gasteiger partial charge in [0.2, 0.25) is 5.91 Å². The van der Waals surface area contributed by atoms with Gasteiger partial charge in [-0.3, -0.25) is 15.4 Å². The van der Waals surface area contributed by atoms with E-state index < -0.39 is 34.3 Å². The Bertz CT molecular complexity index is 3180. The van der Waals surface area contributed by atoms with Crippen LogP contribution in [0.5, 0.6) is 11.5 Å². The molecule has 20 nitrogen and oxygen atoms in total. The second-order valence-corrected chi connectivity index (χ2v) is 25.5. The van der Waals surface area contributed by atoms with Crippen molar-refractivity contribution in [1.82, 2.24) is 15.4 Å². The van der Waals surface area contributed by atoms with E-state index in [0.29, 0.717) is 59.4 Å². The van der Waals surface area contributed by atoms with Crippen molar-refractivity contribution < 1.29 is 56.5 Å². The number of hydrogen-bond donors (Lipinski definition) is 9. The van der Waals surface area contributed by atoms with E-state index in [2.05, 4.69) is 62.4 Å². The Morgan fingerprint density at radius 2 is 0.842 bits per heavy atom. The lowest BCUT2D eigenvalue weighted by atomic mass is 10.0. The van der Waals surface area contributed by atoms with Gasteiger partial charge in [0.25, 0.3) is 10.0 Å². The lowest BCUT2D eigenvalue weighted by Gasteiger charge is -2.12. The molecule has 8 amide bonds. The number of sulfonamides is 1.